The Balaban J connectivity index is 1.68. The molecule has 8 heteroatoms. The van der Waals surface area contributed by atoms with E-state index in [9.17, 15) is 4.79 Å². The number of methoxy groups -OCH3 is 2. The van der Waals surface area contributed by atoms with Crippen molar-refractivity contribution >= 4 is 5.97 Å². The highest BCUT2D eigenvalue weighted by Crippen LogP contribution is 2.30. The van der Waals surface area contributed by atoms with E-state index in [4.69, 9.17) is 23.5 Å². The predicted octanol–water partition coefficient (Wildman–Crippen LogP) is 3.90. The summed E-state index contributed by atoms with van der Waals surface area (Å²) in [5, 5.41) is 3.92. The summed E-state index contributed by atoms with van der Waals surface area (Å²) in [6.45, 7) is 3.66. The Morgan fingerprint density at radius 3 is 2.52 bits per heavy atom. The maximum absolute atomic E-state index is 12.4. The fourth-order valence-corrected chi connectivity index (χ4v) is 2.61. The highest BCUT2D eigenvalue weighted by molar-refractivity contribution is 5.90. The Morgan fingerprint density at radius 2 is 1.79 bits per heavy atom. The number of nitrogens with zero attached hydrogens (tertiary/aromatic N) is 2. The first-order valence-electron chi connectivity index (χ1n) is 8.99. The normalized spacial score (nSPS) is 10.7. The first-order valence-corrected chi connectivity index (χ1v) is 8.99. The molecular weight excluding hydrogens is 376 g/mol. The number of para-hydroxylation sites is 1. The van der Waals surface area contributed by atoms with Crippen LogP contribution in [0.15, 0.2) is 47.0 Å². The molecule has 0 saturated carbocycles. The van der Waals surface area contributed by atoms with E-state index >= 15 is 0 Å². The van der Waals surface area contributed by atoms with Gasteiger partial charge in [-0.1, -0.05) is 17.3 Å². The largest absolute Gasteiger partial charge is 0.496 e. The highest BCUT2D eigenvalue weighted by atomic mass is 16.6. The fourth-order valence-electron chi connectivity index (χ4n) is 2.61. The molecule has 0 amide bonds. The lowest BCUT2D eigenvalue weighted by Gasteiger charge is -2.14. The standard InChI is InChI=1S/C21H22N2O6/c1-13(2)28-17-10-9-14(11-18(17)26-4)21(24)27-12-19-22-20(23-29-19)15-7-5-6-8-16(15)25-3/h5-11,13H,12H2,1-4H3. The van der Waals surface area contributed by atoms with Gasteiger partial charge in [0.05, 0.1) is 31.5 Å². The molecule has 0 aliphatic rings. The van der Waals surface area contributed by atoms with Gasteiger partial charge < -0.3 is 23.5 Å². The Labute approximate surface area is 168 Å². The van der Waals surface area contributed by atoms with Crippen LogP contribution >= 0.6 is 0 Å². The summed E-state index contributed by atoms with van der Waals surface area (Å²) in [5.41, 5.74) is 1.00. The van der Waals surface area contributed by atoms with E-state index in [1.165, 1.54) is 7.11 Å². The molecular formula is C21H22N2O6. The zero-order valence-electron chi connectivity index (χ0n) is 16.7. The maximum Gasteiger partial charge on any atom is 0.338 e. The van der Waals surface area contributed by atoms with Gasteiger partial charge >= 0.3 is 5.97 Å². The van der Waals surface area contributed by atoms with Crippen molar-refractivity contribution in [1.29, 1.82) is 0 Å². The number of aromatic nitrogens is 2. The predicted molar refractivity (Wildman–Crippen MR) is 104 cm³/mol. The molecule has 0 aliphatic heterocycles. The average molecular weight is 398 g/mol. The lowest BCUT2D eigenvalue weighted by atomic mass is 10.2. The second-order valence-corrected chi connectivity index (χ2v) is 6.32. The molecule has 0 bridgehead atoms. The van der Waals surface area contributed by atoms with Crippen molar-refractivity contribution in [3.63, 3.8) is 0 Å². The van der Waals surface area contributed by atoms with Crippen molar-refractivity contribution < 1.29 is 28.3 Å². The third-order valence-corrected chi connectivity index (χ3v) is 3.90. The molecule has 2 aromatic carbocycles. The number of hydrogen-bond donors (Lipinski definition) is 0. The van der Waals surface area contributed by atoms with Crippen LogP contribution < -0.4 is 14.2 Å². The van der Waals surface area contributed by atoms with Gasteiger partial charge in [-0.25, -0.2) is 4.79 Å². The smallest absolute Gasteiger partial charge is 0.338 e. The minimum Gasteiger partial charge on any atom is -0.496 e. The Hall–Kier alpha value is -3.55. The number of esters is 1. The molecule has 29 heavy (non-hydrogen) atoms. The minimum absolute atomic E-state index is 0.0170. The van der Waals surface area contributed by atoms with E-state index in [-0.39, 0.29) is 18.6 Å². The van der Waals surface area contributed by atoms with Crippen molar-refractivity contribution in [2.75, 3.05) is 14.2 Å². The summed E-state index contributed by atoms with van der Waals surface area (Å²) in [6.07, 6.45) is -0.0170. The lowest BCUT2D eigenvalue weighted by molar-refractivity contribution is 0.0429. The summed E-state index contributed by atoms with van der Waals surface area (Å²) >= 11 is 0. The average Bonchev–Trinajstić information content (AvgIpc) is 3.20. The van der Waals surface area contributed by atoms with Crippen molar-refractivity contribution in [2.45, 2.75) is 26.6 Å². The lowest BCUT2D eigenvalue weighted by Crippen LogP contribution is -2.09. The van der Waals surface area contributed by atoms with Crippen molar-refractivity contribution in [3.8, 4) is 28.6 Å². The fraction of sp³-hybridized carbons (Fsp3) is 0.286. The molecule has 3 aromatic rings. The van der Waals surface area contributed by atoms with Gasteiger partial charge in [0.2, 0.25) is 5.82 Å². The first kappa shape index (κ1) is 20.2. The Morgan fingerprint density at radius 1 is 1.03 bits per heavy atom. The maximum atomic E-state index is 12.4. The molecule has 8 nitrogen and oxygen atoms in total. The van der Waals surface area contributed by atoms with Crippen LogP contribution in [0.1, 0.15) is 30.1 Å². The van der Waals surface area contributed by atoms with Gasteiger partial charge in [0.15, 0.2) is 18.1 Å². The van der Waals surface area contributed by atoms with E-state index in [1.54, 1.807) is 31.4 Å². The number of carbonyl (C=O) groups excluding carboxylic acids is 1. The molecule has 0 unspecified atom stereocenters. The molecule has 0 radical (unpaired) electrons. The first-order chi connectivity index (χ1) is 14.0. The molecule has 0 spiro atoms. The molecule has 0 fully saturated rings. The number of ether oxygens (including phenoxy) is 4. The number of rotatable bonds is 8. The third kappa shape index (κ3) is 4.84. The summed E-state index contributed by atoms with van der Waals surface area (Å²) in [4.78, 5) is 16.6. The van der Waals surface area contributed by atoms with E-state index < -0.39 is 5.97 Å². The van der Waals surface area contributed by atoms with Crippen molar-refractivity contribution in [3.05, 3.63) is 53.9 Å². The Kier molecular flexibility index (Phi) is 6.33. The minimum atomic E-state index is -0.545. The SMILES string of the molecule is COc1cc(C(=O)OCc2nc(-c3ccccc3OC)no2)ccc1OC(C)C. The van der Waals surface area contributed by atoms with Gasteiger partial charge in [-0.05, 0) is 44.2 Å². The third-order valence-electron chi connectivity index (χ3n) is 3.90. The van der Waals surface area contributed by atoms with Crippen molar-refractivity contribution in [1.82, 2.24) is 10.1 Å². The van der Waals surface area contributed by atoms with Gasteiger partial charge in [0.1, 0.15) is 5.75 Å². The molecule has 3 rings (SSSR count). The van der Waals surface area contributed by atoms with Crippen LogP contribution in [-0.4, -0.2) is 36.4 Å². The summed E-state index contributed by atoms with van der Waals surface area (Å²) in [7, 11) is 3.07. The topological polar surface area (TPSA) is 92.9 Å². The van der Waals surface area contributed by atoms with Crippen molar-refractivity contribution in [2.24, 2.45) is 0 Å². The molecule has 0 saturated heterocycles. The molecule has 1 aromatic heterocycles. The molecule has 1 heterocycles. The summed E-state index contributed by atoms with van der Waals surface area (Å²) in [6, 6.07) is 12.1. The number of carbonyl (C=O) groups is 1. The molecule has 0 aliphatic carbocycles. The summed E-state index contributed by atoms with van der Waals surface area (Å²) < 4.78 is 26.7. The zero-order chi connectivity index (χ0) is 20.8. The Bertz CT molecular complexity index is 983. The molecule has 0 atom stereocenters. The van der Waals surface area contributed by atoms with Gasteiger partial charge in [0.25, 0.3) is 5.89 Å². The molecule has 0 N–H and O–H groups in total. The van der Waals surface area contributed by atoms with Gasteiger partial charge in [-0.15, -0.1) is 0 Å². The van der Waals surface area contributed by atoms with E-state index in [0.717, 1.165) is 0 Å². The van der Waals surface area contributed by atoms with E-state index in [0.29, 0.717) is 34.2 Å². The van der Waals surface area contributed by atoms with E-state index in [1.807, 2.05) is 32.0 Å². The zero-order valence-corrected chi connectivity index (χ0v) is 16.7. The second kappa shape index (κ2) is 9.09. The van der Waals surface area contributed by atoms with E-state index in [2.05, 4.69) is 10.1 Å². The molecule has 152 valence electrons. The monoisotopic (exact) mass is 398 g/mol. The second-order valence-electron chi connectivity index (χ2n) is 6.32. The van der Waals surface area contributed by atoms with Gasteiger partial charge in [-0.2, -0.15) is 4.98 Å². The van der Waals surface area contributed by atoms with Crippen LogP contribution in [0, 0.1) is 0 Å². The summed E-state index contributed by atoms with van der Waals surface area (Å²) in [5.74, 6) is 1.60. The van der Waals surface area contributed by atoms with Crippen LogP contribution in [0.3, 0.4) is 0 Å². The van der Waals surface area contributed by atoms with Crippen LogP contribution in [-0.2, 0) is 11.3 Å². The highest BCUT2D eigenvalue weighted by Gasteiger charge is 2.16. The van der Waals surface area contributed by atoms with Crippen LogP contribution in [0.2, 0.25) is 0 Å². The number of hydrogen-bond acceptors (Lipinski definition) is 8. The van der Waals surface area contributed by atoms with Crippen LogP contribution in [0.25, 0.3) is 11.4 Å². The quantitative estimate of drug-likeness (QED) is 0.528. The van der Waals surface area contributed by atoms with Gasteiger partial charge in [0, 0.05) is 0 Å². The van der Waals surface area contributed by atoms with Crippen LogP contribution in [0.5, 0.6) is 17.2 Å². The van der Waals surface area contributed by atoms with Crippen LogP contribution in [0.4, 0.5) is 0 Å². The number of benzene rings is 2. The van der Waals surface area contributed by atoms with Gasteiger partial charge in [-0.3, -0.25) is 0 Å².